The van der Waals surface area contributed by atoms with Crippen LogP contribution in [-0.4, -0.2) is 41.6 Å². The Labute approximate surface area is 147 Å². The average molecular weight is 364 g/mol. The number of hydrogen-bond acceptors (Lipinski definition) is 9. The molecule has 0 saturated carbocycles. The van der Waals surface area contributed by atoms with Gasteiger partial charge in [0.25, 0.3) is 5.69 Å². The summed E-state index contributed by atoms with van der Waals surface area (Å²) in [5, 5.41) is 24.9. The minimum Gasteiger partial charge on any atom is -0.460 e. The maximum Gasteiger partial charge on any atom is 0.513 e. The van der Waals surface area contributed by atoms with Crippen molar-refractivity contribution < 1.29 is 33.8 Å². The van der Waals surface area contributed by atoms with Crippen molar-refractivity contribution in [3.8, 4) is 0 Å². The summed E-state index contributed by atoms with van der Waals surface area (Å²) in [5.41, 5.74) is -1.71. The maximum absolute atomic E-state index is 12.3. The molecule has 0 aromatic heterocycles. The lowest BCUT2D eigenvalue weighted by Gasteiger charge is -2.39. The van der Waals surface area contributed by atoms with Gasteiger partial charge in [0.05, 0.1) is 18.0 Å². The van der Waals surface area contributed by atoms with Crippen molar-refractivity contribution in [2.24, 2.45) is 5.92 Å². The van der Waals surface area contributed by atoms with Gasteiger partial charge in [-0.25, -0.2) is 4.79 Å². The van der Waals surface area contributed by atoms with E-state index in [1.54, 1.807) is 6.07 Å². The number of para-hydroxylation sites is 1. The summed E-state index contributed by atoms with van der Waals surface area (Å²) in [6.45, 7) is 1.17. The van der Waals surface area contributed by atoms with Crippen LogP contribution >= 0.6 is 0 Å². The molecule has 1 saturated heterocycles. The average Bonchev–Trinajstić information content (AvgIpc) is 2.90. The fraction of sp³-hybridized carbons (Fsp3) is 0.375. The van der Waals surface area contributed by atoms with E-state index in [0.29, 0.717) is 0 Å². The molecule has 3 rings (SSSR count). The van der Waals surface area contributed by atoms with Crippen LogP contribution in [0.25, 0.3) is 0 Å². The summed E-state index contributed by atoms with van der Waals surface area (Å²) in [7, 11) is 1.11. The molecule has 0 spiro atoms. The molecule has 3 unspecified atom stereocenters. The highest BCUT2D eigenvalue weighted by Crippen LogP contribution is 2.48. The highest BCUT2D eigenvalue weighted by Gasteiger charge is 2.59. The zero-order valence-corrected chi connectivity index (χ0v) is 13.9. The summed E-state index contributed by atoms with van der Waals surface area (Å²) in [6, 6.07) is 5.73. The first-order valence-electron chi connectivity index (χ1n) is 7.65. The highest BCUT2D eigenvalue weighted by molar-refractivity contribution is 5.79. The summed E-state index contributed by atoms with van der Waals surface area (Å²) >= 11 is 0. The van der Waals surface area contributed by atoms with Crippen LogP contribution in [0.2, 0.25) is 0 Å². The molecule has 138 valence electrons. The number of hydrogen-bond donors (Lipinski definition) is 2. The quantitative estimate of drug-likeness (QED) is 0.459. The van der Waals surface area contributed by atoms with Crippen LogP contribution < -0.4 is 5.32 Å². The number of cyclic esters (lactones) is 1. The van der Waals surface area contributed by atoms with Crippen LogP contribution in [0.15, 0.2) is 35.7 Å². The minimum atomic E-state index is -1.78. The van der Waals surface area contributed by atoms with Crippen molar-refractivity contribution in [3.05, 3.63) is 51.4 Å². The Hall–Kier alpha value is -3.14. The second kappa shape index (κ2) is 6.30. The Morgan fingerprint density at radius 1 is 1.46 bits per heavy atom. The fourth-order valence-corrected chi connectivity index (χ4v) is 3.36. The number of allylic oxidation sites excluding steroid dienone is 2. The SMILES string of the molecule is COC(=O)OC1=C(C)NC2(O)COC(=O)C2C1c1ccccc1[N+](=O)[O-]. The van der Waals surface area contributed by atoms with E-state index in [9.17, 15) is 24.8 Å². The van der Waals surface area contributed by atoms with Crippen LogP contribution in [0.3, 0.4) is 0 Å². The van der Waals surface area contributed by atoms with Crippen LogP contribution in [-0.2, 0) is 19.0 Å². The summed E-state index contributed by atoms with van der Waals surface area (Å²) in [4.78, 5) is 34.8. The van der Waals surface area contributed by atoms with E-state index in [2.05, 4.69) is 10.1 Å². The molecule has 2 heterocycles. The monoisotopic (exact) mass is 364 g/mol. The lowest BCUT2D eigenvalue weighted by Crippen LogP contribution is -2.56. The van der Waals surface area contributed by atoms with E-state index in [0.717, 1.165) is 7.11 Å². The Morgan fingerprint density at radius 2 is 2.15 bits per heavy atom. The highest BCUT2D eigenvalue weighted by atomic mass is 16.7. The van der Waals surface area contributed by atoms with Crippen molar-refractivity contribution in [2.45, 2.75) is 18.6 Å². The lowest BCUT2D eigenvalue weighted by molar-refractivity contribution is -0.385. The van der Waals surface area contributed by atoms with Crippen LogP contribution in [0.5, 0.6) is 0 Å². The third-order valence-corrected chi connectivity index (χ3v) is 4.42. The van der Waals surface area contributed by atoms with E-state index in [-0.39, 0.29) is 29.3 Å². The molecule has 2 N–H and O–H groups in total. The van der Waals surface area contributed by atoms with E-state index >= 15 is 0 Å². The summed E-state index contributed by atoms with van der Waals surface area (Å²) < 4.78 is 14.6. The molecule has 26 heavy (non-hydrogen) atoms. The number of carbonyl (C=O) groups excluding carboxylic acids is 2. The first kappa shape index (κ1) is 17.7. The number of aliphatic hydroxyl groups is 1. The van der Waals surface area contributed by atoms with Gasteiger partial charge in [-0.15, -0.1) is 0 Å². The number of fused-ring (bicyclic) bond motifs is 1. The molecule has 1 fully saturated rings. The maximum atomic E-state index is 12.3. The van der Waals surface area contributed by atoms with Gasteiger partial charge < -0.3 is 24.6 Å². The van der Waals surface area contributed by atoms with Crippen molar-refractivity contribution in [1.82, 2.24) is 5.32 Å². The summed E-state index contributed by atoms with van der Waals surface area (Å²) in [5.74, 6) is -3.18. The normalized spacial score (nSPS) is 27.3. The van der Waals surface area contributed by atoms with Gasteiger partial charge >= 0.3 is 12.1 Å². The molecule has 10 heteroatoms. The Bertz CT molecular complexity index is 820. The standard InChI is InChI=1S/C16H16N2O8/c1-8-13(26-15(20)24-2)11(9-5-3-4-6-10(9)18(22)23)12-14(19)25-7-16(12,21)17-8/h3-6,11-12,17,21H,7H2,1-2H3. The minimum absolute atomic E-state index is 0.0559. The van der Waals surface area contributed by atoms with E-state index in [4.69, 9.17) is 9.47 Å². The van der Waals surface area contributed by atoms with E-state index in [1.807, 2.05) is 0 Å². The number of benzene rings is 1. The van der Waals surface area contributed by atoms with Gasteiger partial charge in [0, 0.05) is 17.3 Å². The predicted octanol–water partition coefficient (Wildman–Crippen LogP) is 1.16. The van der Waals surface area contributed by atoms with Crippen molar-refractivity contribution in [3.63, 3.8) is 0 Å². The third-order valence-electron chi connectivity index (χ3n) is 4.42. The number of ether oxygens (including phenoxy) is 3. The van der Waals surface area contributed by atoms with Gasteiger partial charge in [-0.05, 0) is 6.92 Å². The number of methoxy groups -OCH3 is 1. The molecule has 10 nitrogen and oxygen atoms in total. The molecule has 0 amide bonds. The Balaban J connectivity index is 2.21. The van der Waals surface area contributed by atoms with Gasteiger partial charge in [-0.3, -0.25) is 14.9 Å². The van der Waals surface area contributed by atoms with E-state index < -0.39 is 34.6 Å². The number of nitro groups is 1. The topological polar surface area (TPSA) is 137 Å². The van der Waals surface area contributed by atoms with Gasteiger partial charge in [0.2, 0.25) is 0 Å². The molecule has 2 aliphatic rings. The van der Waals surface area contributed by atoms with Crippen molar-refractivity contribution in [1.29, 1.82) is 0 Å². The number of nitrogens with one attached hydrogen (secondary N) is 1. The van der Waals surface area contributed by atoms with Gasteiger partial charge in [-0.2, -0.15) is 0 Å². The molecular weight excluding hydrogens is 348 g/mol. The smallest absolute Gasteiger partial charge is 0.460 e. The van der Waals surface area contributed by atoms with Gasteiger partial charge in [0.15, 0.2) is 5.72 Å². The largest absolute Gasteiger partial charge is 0.513 e. The molecule has 2 aliphatic heterocycles. The van der Waals surface area contributed by atoms with Crippen LogP contribution in [0.1, 0.15) is 18.4 Å². The predicted molar refractivity (Wildman–Crippen MR) is 84.6 cm³/mol. The van der Waals surface area contributed by atoms with Crippen LogP contribution in [0, 0.1) is 16.0 Å². The molecular formula is C16H16N2O8. The number of nitro benzene ring substituents is 1. The van der Waals surface area contributed by atoms with E-state index in [1.165, 1.54) is 25.1 Å². The summed E-state index contributed by atoms with van der Waals surface area (Å²) in [6.07, 6.45) is -1.05. The second-order valence-corrected chi connectivity index (χ2v) is 5.97. The van der Waals surface area contributed by atoms with Gasteiger partial charge in [-0.1, -0.05) is 18.2 Å². The molecule has 3 atom stereocenters. The second-order valence-electron chi connectivity index (χ2n) is 5.97. The molecule has 1 aromatic carbocycles. The van der Waals surface area contributed by atoms with Crippen molar-refractivity contribution >= 4 is 17.8 Å². The zero-order chi connectivity index (χ0) is 19.1. The number of nitrogens with zero attached hydrogens (tertiary/aromatic N) is 1. The molecule has 0 radical (unpaired) electrons. The van der Waals surface area contributed by atoms with Crippen LogP contribution in [0.4, 0.5) is 10.5 Å². The Morgan fingerprint density at radius 3 is 2.81 bits per heavy atom. The Kier molecular flexibility index (Phi) is 4.28. The third kappa shape index (κ3) is 2.73. The number of esters is 1. The first-order valence-corrected chi connectivity index (χ1v) is 7.65. The molecule has 1 aromatic rings. The fourth-order valence-electron chi connectivity index (χ4n) is 3.36. The van der Waals surface area contributed by atoms with Gasteiger partial charge in [0.1, 0.15) is 18.3 Å². The molecule has 0 aliphatic carbocycles. The molecule has 0 bridgehead atoms. The number of rotatable bonds is 3. The first-order chi connectivity index (χ1) is 12.3. The number of carbonyl (C=O) groups is 2. The zero-order valence-electron chi connectivity index (χ0n) is 13.9. The lowest BCUT2D eigenvalue weighted by atomic mass is 9.75. The van der Waals surface area contributed by atoms with Crippen molar-refractivity contribution in [2.75, 3.05) is 13.7 Å².